The predicted octanol–water partition coefficient (Wildman–Crippen LogP) is 2.47. The number of aliphatic hydroxyl groups excluding tert-OH is 1. The second kappa shape index (κ2) is 21.3. The normalized spacial score (nSPS) is 18.3. The molecule has 0 aromatic heterocycles. The Bertz CT molecular complexity index is 865. The summed E-state index contributed by atoms with van der Waals surface area (Å²) in [5, 5.41) is 10.3. The topological polar surface area (TPSA) is 138 Å². The monoisotopic (exact) mass is 620 g/mol. The Morgan fingerprint density at radius 3 is 1.67 bits per heavy atom. The van der Waals surface area contributed by atoms with Gasteiger partial charge < -0.3 is 0 Å². The maximum absolute atomic E-state index is 10.3. The van der Waals surface area contributed by atoms with Gasteiger partial charge in [0.15, 0.2) is 0 Å². The number of benzene rings is 2. The first-order valence-corrected chi connectivity index (χ1v) is 10.1. The van der Waals surface area contributed by atoms with E-state index in [0.717, 1.165) is 9.83 Å². The zero-order valence-corrected chi connectivity index (χ0v) is 20.7. The van der Waals surface area contributed by atoms with Gasteiger partial charge in [-0.15, -0.1) is 0 Å². The Balaban J connectivity index is -0.000000798. The molecule has 2 aromatic rings. The third-order valence-electron chi connectivity index (χ3n) is 4.84. The summed E-state index contributed by atoms with van der Waals surface area (Å²) in [6.07, 6.45) is 0. The molecule has 0 spiro atoms. The maximum atomic E-state index is 10.3. The van der Waals surface area contributed by atoms with E-state index in [1.54, 1.807) is 14.2 Å². The quantitative estimate of drug-likeness (QED) is 0.393. The van der Waals surface area contributed by atoms with Gasteiger partial charge in [-0.2, -0.15) is 0 Å². The summed E-state index contributed by atoms with van der Waals surface area (Å²) < 4.78 is 49.4. The van der Waals surface area contributed by atoms with Gasteiger partial charge in [0.25, 0.3) is 0 Å². The number of hydrogen-bond donors (Lipinski definition) is 1. The molecule has 0 aliphatic heterocycles. The average molecular weight is 620 g/mol. The van der Waals surface area contributed by atoms with Gasteiger partial charge in [-0.25, -0.2) is 0 Å². The fourth-order valence-corrected chi connectivity index (χ4v) is 4.85. The van der Waals surface area contributed by atoms with Crippen molar-refractivity contribution in [2.24, 2.45) is 5.92 Å². The van der Waals surface area contributed by atoms with Gasteiger partial charge in [0, 0.05) is 0 Å². The molecular weight excluding hydrogens is 600 g/mol. The van der Waals surface area contributed by atoms with Crippen molar-refractivity contribution in [2.45, 2.75) is 11.3 Å². The minimum atomic E-state index is -0.289. The molecule has 1 saturated carbocycles. The summed E-state index contributed by atoms with van der Waals surface area (Å²) in [7, 11) is 3.39. The van der Waals surface area contributed by atoms with Gasteiger partial charge in [-0.3, -0.25) is 0 Å². The Kier molecular flexibility index (Phi) is 22.6. The number of methoxy groups -OCH3 is 2. The molecule has 1 aliphatic rings. The Hall–Kier alpha value is -2.58. The predicted molar refractivity (Wildman–Crippen MR) is 106 cm³/mol. The van der Waals surface area contributed by atoms with Crippen LogP contribution in [0.25, 0.3) is 0 Å². The van der Waals surface area contributed by atoms with Gasteiger partial charge in [0.2, 0.25) is 0 Å². The van der Waals surface area contributed by atoms with Crippen LogP contribution < -0.4 is 4.74 Å². The summed E-state index contributed by atoms with van der Waals surface area (Å²) in [5.74, 6) is 1.29. The van der Waals surface area contributed by atoms with Crippen molar-refractivity contribution in [1.29, 1.82) is 0 Å². The van der Waals surface area contributed by atoms with Crippen LogP contribution in [0, 0.1) is 39.2 Å². The Labute approximate surface area is 203 Å². The van der Waals surface area contributed by atoms with E-state index in [4.69, 9.17) is 32.7 Å². The van der Waals surface area contributed by atoms with Gasteiger partial charge in [-0.1, -0.05) is 0 Å². The summed E-state index contributed by atoms with van der Waals surface area (Å²) in [6, 6.07) is 18.4. The summed E-state index contributed by atoms with van der Waals surface area (Å²) >= 11 is 1.32. The van der Waals surface area contributed by atoms with E-state index in [1.165, 1.54) is 30.5 Å². The van der Waals surface area contributed by atoms with Gasteiger partial charge in [-0.05, 0) is 0 Å². The molecule has 0 heterocycles. The molecule has 8 nitrogen and oxygen atoms in total. The molecular formula is C24H20O8W. The first-order valence-electron chi connectivity index (χ1n) is 8.59. The van der Waals surface area contributed by atoms with Crippen LogP contribution in [0.2, 0.25) is 0 Å². The van der Waals surface area contributed by atoms with Crippen LogP contribution >= 0.6 is 0 Å². The van der Waals surface area contributed by atoms with Gasteiger partial charge >= 0.3 is 204 Å². The van der Waals surface area contributed by atoms with Crippen LogP contribution in [0.4, 0.5) is 0 Å². The van der Waals surface area contributed by atoms with Crippen molar-refractivity contribution < 1.29 is 57.2 Å². The average Bonchev–Trinajstić information content (AvgIpc) is 3.64. The number of rotatable bonds is 6. The molecule has 3 rings (SSSR count). The molecule has 3 atom stereocenters. The van der Waals surface area contributed by atoms with Crippen molar-refractivity contribution in [1.82, 2.24) is 0 Å². The fourth-order valence-electron chi connectivity index (χ4n) is 3.61. The summed E-state index contributed by atoms with van der Waals surface area (Å²) in [5.41, 5.74) is 2.09. The van der Waals surface area contributed by atoms with Crippen molar-refractivity contribution in [2.75, 3.05) is 20.8 Å². The third-order valence-corrected chi connectivity index (χ3v) is 6.35. The van der Waals surface area contributed by atoms with Crippen LogP contribution in [-0.4, -0.2) is 30.0 Å². The molecule has 1 fully saturated rings. The van der Waals surface area contributed by atoms with Crippen LogP contribution in [0.1, 0.15) is 17.0 Å². The molecule has 0 amide bonds. The summed E-state index contributed by atoms with van der Waals surface area (Å²) in [4.78, 5) is 0. The van der Waals surface area contributed by atoms with E-state index in [0.29, 0.717) is 0 Å². The summed E-state index contributed by atoms with van der Waals surface area (Å²) in [6.45, 7) is 22.6. The van der Waals surface area contributed by atoms with Crippen molar-refractivity contribution in [3.8, 4) is 5.75 Å². The molecule has 0 bridgehead atoms. The molecule has 33 heavy (non-hydrogen) atoms. The zero-order valence-electron chi connectivity index (χ0n) is 17.8. The molecule has 1 aliphatic carbocycles. The third kappa shape index (κ3) is 8.70. The molecule has 0 radical (unpaired) electrons. The van der Waals surface area contributed by atoms with Crippen molar-refractivity contribution in [3.63, 3.8) is 0 Å². The molecule has 9 heteroatoms. The molecule has 2 aromatic carbocycles. The first-order chi connectivity index (χ1) is 16.2. The van der Waals surface area contributed by atoms with E-state index in [2.05, 4.69) is 57.5 Å². The first kappa shape index (κ1) is 35.0. The standard InChI is InChI=1S/C19H20O3.5CO.W/c1-21-12-17-18(14-8-10-16(22-2)11-9-14)19(17,13-20)15-6-4-3-5-7-15;5*1-2;/h3-11,17-18,20H,13H2,1-2H3;;;;;;/t17-,18-,19-;;;;;;/m1....../s1. The van der Waals surface area contributed by atoms with Gasteiger partial charge in [0.05, 0.1) is 0 Å². The van der Waals surface area contributed by atoms with Crippen molar-refractivity contribution in [3.05, 3.63) is 99.0 Å². The molecule has 0 unspecified atom stereocenters. The number of aliphatic hydroxyl groups is 1. The number of ether oxygens (including phenoxy) is 2. The zero-order chi connectivity index (χ0) is 26.4. The second-order valence-electron chi connectivity index (χ2n) is 5.82. The SMILES string of the molecule is CO[C](=[W])[C@@H]1[C@@H](c2ccc(OC)cc2)[C@]1(CO)c1ccccc1.[C-]#[O+].[C-]#[O+].[C-]#[O+].[C-]#[O+].[C-]#[O+]. The van der Waals surface area contributed by atoms with E-state index in [1.807, 2.05) is 30.3 Å². The van der Waals surface area contributed by atoms with Crippen LogP contribution in [0.5, 0.6) is 5.75 Å². The van der Waals surface area contributed by atoms with E-state index >= 15 is 0 Å². The minimum absolute atomic E-state index is 0.110. The Morgan fingerprint density at radius 1 is 0.848 bits per heavy atom. The molecule has 1 N–H and O–H groups in total. The van der Waals surface area contributed by atoms with Crippen LogP contribution in [0.3, 0.4) is 0 Å². The fraction of sp³-hybridized carbons (Fsp3) is 0.250. The molecule has 0 saturated heterocycles. The second-order valence-corrected chi connectivity index (χ2v) is 7.26. The number of hydrogen-bond acceptors (Lipinski definition) is 3. The van der Waals surface area contributed by atoms with E-state index < -0.39 is 0 Å². The van der Waals surface area contributed by atoms with Crippen molar-refractivity contribution >= 4 is 4.08 Å². The molecule has 170 valence electrons. The van der Waals surface area contributed by atoms with Crippen LogP contribution in [-0.2, 0) is 52.8 Å². The van der Waals surface area contributed by atoms with E-state index in [9.17, 15) is 5.11 Å². The Morgan fingerprint density at radius 2 is 1.30 bits per heavy atom. The van der Waals surface area contributed by atoms with E-state index in [-0.39, 0.29) is 23.9 Å². The van der Waals surface area contributed by atoms with Crippen LogP contribution in [0.15, 0.2) is 54.6 Å². The van der Waals surface area contributed by atoms with Gasteiger partial charge in [0.1, 0.15) is 0 Å².